The van der Waals surface area contributed by atoms with Gasteiger partial charge < -0.3 is 0 Å². The number of alkyl halides is 2. The van der Waals surface area contributed by atoms with Gasteiger partial charge in [0.25, 0.3) is 0 Å². The standard InChI is InChI=1S/C15H17Cl2FO/c1-8(2)5-13(19)14-9(3)11(6-16)12(7-17)15(18)10(14)4/h5H,6-7H2,1-4H3. The van der Waals surface area contributed by atoms with Crippen LogP contribution in [-0.2, 0) is 11.8 Å². The van der Waals surface area contributed by atoms with Gasteiger partial charge in [-0.3, -0.25) is 4.79 Å². The summed E-state index contributed by atoms with van der Waals surface area (Å²) in [5.41, 5.74) is 3.32. The van der Waals surface area contributed by atoms with E-state index in [9.17, 15) is 9.18 Å². The molecule has 0 aliphatic heterocycles. The van der Waals surface area contributed by atoms with Crippen LogP contribution in [-0.4, -0.2) is 5.78 Å². The summed E-state index contributed by atoms with van der Waals surface area (Å²) >= 11 is 11.7. The van der Waals surface area contributed by atoms with E-state index < -0.39 is 5.82 Å². The van der Waals surface area contributed by atoms with Crippen LogP contribution in [0.2, 0.25) is 0 Å². The average molecular weight is 303 g/mol. The Kier molecular flexibility index (Phi) is 5.57. The summed E-state index contributed by atoms with van der Waals surface area (Å²) in [4.78, 5) is 12.2. The second-order valence-corrected chi connectivity index (χ2v) is 5.28. The molecule has 0 saturated carbocycles. The lowest BCUT2D eigenvalue weighted by Crippen LogP contribution is -2.10. The number of carbonyl (C=O) groups is 1. The van der Waals surface area contributed by atoms with Crippen LogP contribution >= 0.6 is 23.2 Å². The molecule has 0 atom stereocenters. The molecule has 0 amide bonds. The number of halogens is 3. The van der Waals surface area contributed by atoms with Crippen molar-refractivity contribution in [2.45, 2.75) is 39.5 Å². The minimum absolute atomic E-state index is 0.0483. The molecule has 0 radical (unpaired) electrons. The van der Waals surface area contributed by atoms with Gasteiger partial charge in [0.15, 0.2) is 5.78 Å². The molecule has 0 aliphatic rings. The van der Waals surface area contributed by atoms with Crippen molar-refractivity contribution in [3.8, 4) is 0 Å². The van der Waals surface area contributed by atoms with Crippen molar-refractivity contribution < 1.29 is 9.18 Å². The number of rotatable bonds is 4. The van der Waals surface area contributed by atoms with Crippen LogP contribution in [0, 0.1) is 19.7 Å². The van der Waals surface area contributed by atoms with Gasteiger partial charge in [0.2, 0.25) is 0 Å². The Bertz CT molecular complexity index is 544. The van der Waals surface area contributed by atoms with Crippen LogP contribution in [0.5, 0.6) is 0 Å². The molecular formula is C15H17Cl2FO. The molecule has 0 unspecified atom stereocenters. The first-order chi connectivity index (χ1) is 8.84. The number of allylic oxidation sites excluding steroid dienone is 2. The molecule has 104 valence electrons. The first-order valence-corrected chi connectivity index (χ1v) is 7.03. The molecule has 4 heteroatoms. The fourth-order valence-electron chi connectivity index (χ4n) is 2.15. The lowest BCUT2D eigenvalue weighted by atomic mass is 9.90. The highest BCUT2D eigenvalue weighted by Gasteiger charge is 2.21. The zero-order valence-corrected chi connectivity index (χ0v) is 13.0. The van der Waals surface area contributed by atoms with E-state index in [0.29, 0.717) is 27.8 Å². The second kappa shape index (κ2) is 6.53. The summed E-state index contributed by atoms with van der Waals surface area (Å²) in [6.45, 7) is 7.04. The summed E-state index contributed by atoms with van der Waals surface area (Å²) in [6.07, 6.45) is 1.51. The Labute approximate surface area is 123 Å². The van der Waals surface area contributed by atoms with E-state index in [-0.39, 0.29) is 17.5 Å². The Morgan fingerprint density at radius 3 is 2.05 bits per heavy atom. The largest absolute Gasteiger partial charge is 0.289 e. The molecule has 1 rings (SSSR count). The molecule has 0 N–H and O–H groups in total. The predicted octanol–water partition coefficient (Wildman–Crippen LogP) is 5.07. The van der Waals surface area contributed by atoms with Crippen molar-refractivity contribution in [1.29, 1.82) is 0 Å². The van der Waals surface area contributed by atoms with Crippen LogP contribution in [0.1, 0.15) is 46.5 Å². The third-order valence-corrected chi connectivity index (χ3v) is 3.63. The molecule has 0 heterocycles. The summed E-state index contributed by atoms with van der Waals surface area (Å²) in [5.74, 6) is -0.435. The van der Waals surface area contributed by atoms with Crippen LogP contribution in [0.25, 0.3) is 0 Å². The molecule has 0 spiro atoms. The second-order valence-electron chi connectivity index (χ2n) is 4.75. The number of benzene rings is 1. The molecule has 0 bridgehead atoms. The van der Waals surface area contributed by atoms with E-state index >= 15 is 0 Å². The van der Waals surface area contributed by atoms with Crippen LogP contribution in [0.4, 0.5) is 4.39 Å². The maximum atomic E-state index is 14.3. The highest BCUT2D eigenvalue weighted by atomic mass is 35.5. The Morgan fingerprint density at radius 1 is 1.11 bits per heavy atom. The van der Waals surface area contributed by atoms with E-state index in [1.54, 1.807) is 13.8 Å². The molecule has 1 aromatic carbocycles. The predicted molar refractivity (Wildman–Crippen MR) is 78.7 cm³/mol. The molecule has 0 fully saturated rings. The third kappa shape index (κ3) is 3.18. The topological polar surface area (TPSA) is 17.1 Å². The summed E-state index contributed by atoms with van der Waals surface area (Å²) < 4.78 is 14.3. The van der Waals surface area contributed by atoms with Crippen LogP contribution in [0.3, 0.4) is 0 Å². The first-order valence-electron chi connectivity index (χ1n) is 5.96. The number of hydrogen-bond donors (Lipinski definition) is 0. The summed E-state index contributed by atoms with van der Waals surface area (Å²) in [5, 5.41) is 0. The van der Waals surface area contributed by atoms with Crippen molar-refractivity contribution in [2.24, 2.45) is 0 Å². The van der Waals surface area contributed by atoms with Gasteiger partial charge in [-0.25, -0.2) is 4.39 Å². The van der Waals surface area contributed by atoms with Crippen molar-refractivity contribution in [3.63, 3.8) is 0 Å². The number of carbonyl (C=O) groups excluding carboxylic acids is 1. The highest BCUT2D eigenvalue weighted by Crippen LogP contribution is 2.29. The van der Waals surface area contributed by atoms with Crippen molar-refractivity contribution in [1.82, 2.24) is 0 Å². The minimum Gasteiger partial charge on any atom is -0.289 e. The molecule has 1 aromatic rings. The number of hydrogen-bond acceptors (Lipinski definition) is 1. The van der Waals surface area contributed by atoms with Gasteiger partial charge >= 0.3 is 0 Å². The molecular weight excluding hydrogens is 286 g/mol. The van der Waals surface area contributed by atoms with Gasteiger partial charge in [0.1, 0.15) is 5.82 Å². The van der Waals surface area contributed by atoms with Crippen molar-refractivity contribution >= 4 is 29.0 Å². The van der Waals surface area contributed by atoms with Gasteiger partial charge in [0.05, 0.1) is 5.88 Å². The Hall–Kier alpha value is -0.860. The zero-order chi connectivity index (χ0) is 14.7. The highest BCUT2D eigenvalue weighted by molar-refractivity contribution is 6.19. The quantitative estimate of drug-likeness (QED) is 0.431. The maximum Gasteiger partial charge on any atom is 0.186 e. The fraction of sp³-hybridized carbons (Fsp3) is 0.400. The monoisotopic (exact) mass is 302 g/mol. The summed E-state index contributed by atoms with van der Waals surface area (Å²) in [7, 11) is 0. The van der Waals surface area contributed by atoms with Crippen LogP contribution in [0.15, 0.2) is 11.6 Å². The number of ketones is 1. The van der Waals surface area contributed by atoms with Gasteiger partial charge in [-0.2, -0.15) is 0 Å². The molecule has 0 aliphatic carbocycles. The van der Waals surface area contributed by atoms with E-state index in [2.05, 4.69) is 0 Å². The van der Waals surface area contributed by atoms with E-state index in [1.165, 1.54) is 6.08 Å². The molecule has 0 aromatic heterocycles. The lowest BCUT2D eigenvalue weighted by Gasteiger charge is -2.16. The van der Waals surface area contributed by atoms with Gasteiger partial charge in [-0.15, -0.1) is 23.2 Å². The minimum atomic E-state index is -0.429. The van der Waals surface area contributed by atoms with E-state index in [0.717, 1.165) is 5.57 Å². The molecule has 1 nitrogen and oxygen atoms in total. The third-order valence-electron chi connectivity index (χ3n) is 3.09. The van der Waals surface area contributed by atoms with Gasteiger partial charge in [-0.05, 0) is 50.5 Å². The van der Waals surface area contributed by atoms with E-state index in [1.807, 2.05) is 13.8 Å². The maximum absolute atomic E-state index is 14.3. The average Bonchev–Trinajstić information content (AvgIpc) is 2.32. The normalized spacial score (nSPS) is 10.5. The van der Waals surface area contributed by atoms with Gasteiger partial charge in [-0.1, -0.05) is 5.57 Å². The zero-order valence-electron chi connectivity index (χ0n) is 11.5. The Morgan fingerprint density at radius 2 is 1.63 bits per heavy atom. The lowest BCUT2D eigenvalue weighted by molar-refractivity contribution is 0.104. The van der Waals surface area contributed by atoms with Crippen molar-refractivity contribution in [2.75, 3.05) is 0 Å². The fourth-order valence-corrected chi connectivity index (χ4v) is 2.79. The molecule has 0 saturated heterocycles. The van der Waals surface area contributed by atoms with E-state index in [4.69, 9.17) is 23.2 Å². The SMILES string of the molecule is CC(C)=CC(=O)c1c(C)c(F)c(CCl)c(CCl)c1C. The summed E-state index contributed by atoms with van der Waals surface area (Å²) in [6, 6.07) is 0. The van der Waals surface area contributed by atoms with Gasteiger partial charge in [0, 0.05) is 17.0 Å². The smallest absolute Gasteiger partial charge is 0.186 e. The Balaban J connectivity index is 3.63. The van der Waals surface area contributed by atoms with Crippen LogP contribution < -0.4 is 0 Å². The first kappa shape index (κ1) is 16.2. The van der Waals surface area contributed by atoms with Crippen molar-refractivity contribution in [3.05, 3.63) is 45.3 Å². The molecule has 19 heavy (non-hydrogen) atoms.